The highest BCUT2D eigenvalue weighted by atomic mass is 16.2. The summed E-state index contributed by atoms with van der Waals surface area (Å²) in [5.41, 5.74) is 3.62. The SMILES string of the molecule is C=CCN1C(=O)C(Nc2ccc(C(C)(C)C)cc2)=C(c2ccc(NC(C)=O)cc2)C1=O. The fraction of sp³-hybridized carbons (Fsp3) is 0.240. The first-order chi connectivity index (χ1) is 14.6. The van der Waals surface area contributed by atoms with Crippen LogP contribution in [0.5, 0.6) is 0 Å². The molecule has 2 N–H and O–H groups in total. The van der Waals surface area contributed by atoms with Crippen molar-refractivity contribution in [3.63, 3.8) is 0 Å². The third-order valence-electron chi connectivity index (χ3n) is 4.99. The van der Waals surface area contributed by atoms with Gasteiger partial charge in [0.05, 0.1) is 5.57 Å². The normalized spacial score (nSPS) is 14.1. The van der Waals surface area contributed by atoms with E-state index in [4.69, 9.17) is 0 Å². The predicted molar refractivity (Wildman–Crippen MR) is 123 cm³/mol. The summed E-state index contributed by atoms with van der Waals surface area (Å²) in [6.45, 7) is 11.6. The number of imide groups is 1. The molecule has 160 valence electrons. The number of carbonyl (C=O) groups excluding carboxylic acids is 3. The Labute approximate surface area is 182 Å². The molecule has 6 heteroatoms. The summed E-state index contributed by atoms with van der Waals surface area (Å²) in [5.74, 6) is -0.964. The number of amides is 3. The van der Waals surface area contributed by atoms with E-state index in [1.54, 1.807) is 24.3 Å². The van der Waals surface area contributed by atoms with Crippen molar-refractivity contribution in [1.82, 2.24) is 4.90 Å². The zero-order chi connectivity index (χ0) is 22.8. The highest BCUT2D eigenvalue weighted by Crippen LogP contribution is 2.32. The van der Waals surface area contributed by atoms with Gasteiger partial charge in [-0.2, -0.15) is 0 Å². The average Bonchev–Trinajstić information content (AvgIpc) is 2.93. The highest BCUT2D eigenvalue weighted by Gasteiger charge is 2.38. The van der Waals surface area contributed by atoms with Crippen LogP contribution in [0.25, 0.3) is 5.57 Å². The van der Waals surface area contributed by atoms with Crippen LogP contribution in [-0.4, -0.2) is 29.2 Å². The minimum atomic E-state index is -0.397. The average molecular weight is 418 g/mol. The van der Waals surface area contributed by atoms with E-state index in [-0.39, 0.29) is 29.5 Å². The summed E-state index contributed by atoms with van der Waals surface area (Å²) in [5, 5.41) is 5.84. The quantitative estimate of drug-likeness (QED) is 0.542. The Hall–Kier alpha value is -3.67. The molecule has 0 radical (unpaired) electrons. The van der Waals surface area contributed by atoms with E-state index in [2.05, 4.69) is 38.0 Å². The van der Waals surface area contributed by atoms with Crippen LogP contribution < -0.4 is 10.6 Å². The molecular formula is C25H27N3O3. The molecule has 0 spiro atoms. The Morgan fingerprint density at radius 2 is 1.55 bits per heavy atom. The number of hydrogen-bond acceptors (Lipinski definition) is 4. The van der Waals surface area contributed by atoms with Gasteiger partial charge in [-0.05, 0) is 40.8 Å². The first-order valence-electron chi connectivity index (χ1n) is 10.1. The fourth-order valence-electron chi connectivity index (χ4n) is 3.38. The lowest BCUT2D eigenvalue weighted by Crippen LogP contribution is -2.32. The van der Waals surface area contributed by atoms with Crippen molar-refractivity contribution in [3.05, 3.63) is 78.0 Å². The molecule has 0 saturated heterocycles. The molecule has 1 heterocycles. The van der Waals surface area contributed by atoms with Crippen LogP contribution in [0.3, 0.4) is 0 Å². The Kier molecular flexibility index (Phi) is 6.11. The lowest BCUT2D eigenvalue weighted by Gasteiger charge is -2.19. The van der Waals surface area contributed by atoms with Gasteiger partial charge >= 0.3 is 0 Å². The van der Waals surface area contributed by atoms with Gasteiger partial charge in [0, 0.05) is 24.8 Å². The largest absolute Gasteiger partial charge is 0.350 e. The van der Waals surface area contributed by atoms with Crippen molar-refractivity contribution in [2.45, 2.75) is 33.1 Å². The summed E-state index contributed by atoms with van der Waals surface area (Å²) in [6.07, 6.45) is 1.52. The zero-order valence-corrected chi connectivity index (χ0v) is 18.3. The lowest BCUT2D eigenvalue weighted by atomic mass is 9.87. The van der Waals surface area contributed by atoms with Gasteiger partial charge in [-0.25, -0.2) is 0 Å². The number of hydrogen-bond donors (Lipinski definition) is 2. The molecule has 2 aromatic carbocycles. The number of anilines is 2. The molecular weight excluding hydrogens is 390 g/mol. The smallest absolute Gasteiger partial charge is 0.278 e. The molecule has 0 fully saturated rings. The monoisotopic (exact) mass is 417 g/mol. The molecule has 2 aromatic rings. The van der Waals surface area contributed by atoms with Gasteiger partial charge in [0.1, 0.15) is 5.70 Å². The summed E-state index contributed by atoms with van der Waals surface area (Å²) in [6, 6.07) is 14.7. The van der Waals surface area contributed by atoms with E-state index >= 15 is 0 Å². The molecule has 1 aliphatic heterocycles. The molecule has 0 saturated carbocycles. The second kappa shape index (κ2) is 8.60. The number of benzene rings is 2. The van der Waals surface area contributed by atoms with Crippen LogP contribution in [0.15, 0.2) is 66.9 Å². The van der Waals surface area contributed by atoms with Gasteiger partial charge in [0.2, 0.25) is 5.91 Å². The number of nitrogens with one attached hydrogen (secondary N) is 2. The standard InChI is InChI=1S/C25H27N3O3/c1-6-15-28-23(30)21(17-7-11-19(12-8-17)26-16(2)29)22(24(28)31)27-20-13-9-18(10-14-20)25(3,4)5/h6-14,27H,1,15H2,2-5H3,(H,26,29). The van der Waals surface area contributed by atoms with Crippen LogP contribution in [-0.2, 0) is 19.8 Å². The molecule has 3 rings (SSSR count). The maximum absolute atomic E-state index is 13.0. The van der Waals surface area contributed by atoms with Crippen molar-refractivity contribution in [3.8, 4) is 0 Å². The number of rotatable bonds is 6. The molecule has 31 heavy (non-hydrogen) atoms. The Balaban J connectivity index is 1.99. The predicted octanol–water partition coefficient (Wildman–Crippen LogP) is 4.32. The van der Waals surface area contributed by atoms with Crippen LogP contribution in [0.4, 0.5) is 11.4 Å². The van der Waals surface area contributed by atoms with Crippen LogP contribution >= 0.6 is 0 Å². The lowest BCUT2D eigenvalue weighted by molar-refractivity contribution is -0.136. The van der Waals surface area contributed by atoms with Gasteiger partial charge in [-0.1, -0.05) is 51.1 Å². The van der Waals surface area contributed by atoms with Gasteiger partial charge in [-0.3, -0.25) is 19.3 Å². The van der Waals surface area contributed by atoms with Crippen molar-refractivity contribution in [2.75, 3.05) is 17.2 Å². The first-order valence-corrected chi connectivity index (χ1v) is 10.1. The van der Waals surface area contributed by atoms with Crippen molar-refractivity contribution < 1.29 is 14.4 Å². The molecule has 3 amide bonds. The maximum atomic E-state index is 13.0. The Bertz CT molecular complexity index is 1060. The minimum Gasteiger partial charge on any atom is -0.350 e. The van der Waals surface area contributed by atoms with Crippen molar-refractivity contribution in [2.24, 2.45) is 0 Å². The topological polar surface area (TPSA) is 78.5 Å². The van der Waals surface area contributed by atoms with E-state index in [1.807, 2.05) is 24.3 Å². The summed E-state index contributed by atoms with van der Waals surface area (Å²) >= 11 is 0. The van der Waals surface area contributed by atoms with Gasteiger partial charge < -0.3 is 10.6 Å². The van der Waals surface area contributed by atoms with E-state index in [9.17, 15) is 14.4 Å². The zero-order valence-electron chi connectivity index (χ0n) is 18.3. The van der Waals surface area contributed by atoms with E-state index in [0.29, 0.717) is 16.8 Å². The van der Waals surface area contributed by atoms with Crippen LogP contribution in [0.2, 0.25) is 0 Å². The summed E-state index contributed by atoms with van der Waals surface area (Å²) in [7, 11) is 0. The van der Waals surface area contributed by atoms with E-state index in [0.717, 1.165) is 10.6 Å². The molecule has 0 aromatic heterocycles. The first kappa shape index (κ1) is 22.0. The molecule has 0 bridgehead atoms. The molecule has 1 aliphatic rings. The number of carbonyl (C=O) groups is 3. The third kappa shape index (κ3) is 4.74. The van der Waals surface area contributed by atoms with Crippen LogP contribution in [0.1, 0.15) is 38.8 Å². The maximum Gasteiger partial charge on any atom is 0.278 e. The summed E-state index contributed by atoms with van der Waals surface area (Å²) < 4.78 is 0. The van der Waals surface area contributed by atoms with E-state index < -0.39 is 5.91 Å². The van der Waals surface area contributed by atoms with Crippen LogP contribution in [0, 0.1) is 0 Å². The van der Waals surface area contributed by atoms with E-state index in [1.165, 1.54) is 18.6 Å². The van der Waals surface area contributed by atoms with Crippen molar-refractivity contribution in [1.29, 1.82) is 0 Å². The Morgan fingerprint density at radius 3 is 2.06 bits per heavy atom. The number of nitrogens with zero attached hydrogens (tertiary/aromatic N) is 1. The van der Waals surface area contributed by atoms with Crippen molar-refractivity contribution >= 4 is 34.7 Å². The van der Waals surface area contributed by atoms with Gasteiger partial charge in [0.25, 0.3) is 11.8 Å². The highest BCUT2D eigenvalue weighted by molar-refractivity contribution is 6.36. The molecule has 0 atom stereocenters. The summed E-state index contributed by atoms with van der Waals surface area (Å²) in [4.78, 5) is 38.5. The molecule has 0 unspecified atom stereocenters. The second-order valence-corrected chi connectivity index (χ2v) is 8.47. The molecule has 0 aliphatic carbocycles. The second-order valence-electron chi connectivity index (χ2n) is 8.47. The Morgan fingerprint density at radius 1 is 0.968 bits per heavy atom. The fourth-order valence-corrected chi connectivity index (χ4v) is 3.38. The van der Waals surface area contributed by atoms with Gasteiger partial charge in [0.15, 0.2) is 0 Å². The van der Waals surface area contributed by atoms with Gasteiger partial charge in [-0.15, -0.1) is 6.58 Å². The minimum absolute atomic E-state index is 0.0124. The molecule has 6 nitrogen and oxygen atoms in total. The third-order valence-corrected chi connectivity index (χ3v) is 4.99.